The maximum Gasteiger partial charge on any atom is 0.332 e. The van der Waals surface area contributed by atoms with Crippen molar-refractivity contribution in [2.24, 2.45) is 14.1 Å². The van der Waals surface area contributed by atoms with Crippen molar-refractivity contribution in [1.82, 2.24) is 18.7 Å². The molecule has 3 rings (SSSR count). The molecule has 0 fully saturated rings. The van der Waals surface area contributed by atoms with Gasteiger partial charge in [0, 0.05) is 26.4 Å². The third-order valence-corrected chi connectivity index (χ3v) is 5.50. The van der Waals surface area contributed by atoms with Crippen molar-refractivity contribution in [2.75, 3.05) is 5.75 Å². The standard InChI is InChI=1S/C20H24N4O2S/c1-4-5-14-27-19-21-17-16(18(25)23(3)20(26)22(17)2)24(19)13-9-12-15-10-7-6-8-11-15/h6-12H,4-5,13-14H2,1-3H3. The molecule has 27 heavy (non-hydrogen) atoms. The van der Waals surface area contributed by atoms with Gasteiger partial charge in [0.2, 0.25) is 0 Å². The number of aryl methyl sites for hydroxylation is 1. The Bertz CT molecular complexity index is 1080. The van der Waals surface area contributed by atoms with Crippen LogP contribution in [0.4, 0.5) is 0 Å². The Hall–Kier alpha value is -2.54. The van der Waals surface area contributed by atoms with Crippen LogP contribution >= 0.6 is 11.8 Å². The largest absolute Gasteiger partial charge is 0.332 e. The molecule has 0 aliphatic rings. The van der Waals surface area contributed by atoms with Gasteiger partial charge in [-0.05, 0) is 12.0 Å². The van der Waals surface area contributed by atoms with Gasteiger partial charge in [0.25, 0.3) is 5.56 Å². The van der Waals surface area contributed by atoms with Crippen LogP contribution < -0.4 is 11.2 Å². The number of hydrogen-bond donors (Lipinski definition) is 0. The Balaban J connectivity index is 2.06. The summed E-state index contributed by atoms with van der Waals surface area (Å²) in [6, 6.07) is 10.0. The lowest BCUT2D eigenvalue weighted by molar-refractivity contribution is 0.700. The van der Waals surface area contributed by atoms with Crippen LogP contribution in [0.15, 0.2) is 51.2 Å². The number of rotatable bonds is 7. The summed E-state index contributed by atoms with van der Waals surface area (Å²) in [5.74, 6) is 0.927. The first kappa shape index (κ1) is 19.2. The Labute approximate surface area is 162 Å². The van der Waals surface area contributed by atoms with Gasteiger partial charge in [0.05, 0.1) is 0 Å². The van der Waals surface area contributed by atoms with Crippen LogP contribution in [-0.2, 0) is 20.6 Å². The number of thioether (sulfide) groups is 1. The summed E-state index contributed by atoms with van der Waals surface area (Å²) >= 11 is 1.63. The minimum absolute atomic E-state index is 0.309. The van der Waals surface area contributed by atoms with E-state index in [1.807, 2.05) is 47.1 Å². The first-order valence-electron chi connectivity index (χ1n) is 9.05. The second-order valence-corrected chi connectivity index (χ2v) is 7.46. The first-order valence-corrected chi connectivity index (χ1v) is 10.0. The van der Waals surface area contributed by atoms with Crippen LogP contribution in [0.2, 0.25) is 0 Å². The summed E-state index contributed by atoms with van der Waals surface area (Å²) in [7, 11) is 3.16. The highest BCUT2D eigenvalue weighted by atomic mass is 32.2. The third kappa shape index (κ3) is 3.93. The zero-order valence-electron chi connectivity index (χ0n) is 15.9. The van der Waals surface area contributed by atoms with Gasteiger partial charge in [0.15, 0.2) is 16.3 Å². The zero-order valence-corrected chi connectivity index (χ0v) is 16.7. The lowest BCUT2D eigenvalue weighted by atomic mass is 10.2. The van der Waals surface area contributed by atoms with Crippen LogP contribution in [0.3, 0.4) is 0 Å². The van der Waals surface area contributed by atoms with Crippen molar-refractivity contribution >= 4 is 29.0 Å². The van der Waals surface area contributed by atoms with Crippen molar-refractivity contribution in [1.29, 1.82) is 0 Å². The highest BCUT2D eigenvalue weighted by Crippen LogP contribution is 2.23. The molecule has 0 saturated heterocycles. The number of hydrogen-bond acceptors (Lipinski definition) is 4. The smallest absolute Gasteiger partial charge is 0.309 e. The summed E-state index contributed by atoms with van der Waals surface area (Å²) in [5, 5.41) is 0.773. The maximum absolute atomic E-state index is 12.8. The van der Waals surface area contributed by atoms with E-state index < -0.39 is 0 Å². The maximum atomic E-state index is 12.8. The molecule has 0 atom stereocenters. The highest BCUT2D eigenvalue weighted by Gasteiger charge is 2.18. The Kier molecular flexibility index (Phi) is 6.01. The summed E-state index contributed by atoms with van der Waals surface area (Å²) < 4.78 is 4.50. The average molecular weight is 385 g/mol. The SMILES string of the molecule is CCCCSc1nc2c(c(=O)n(C)c(=O)n2C)n1CC=Cc1ccccc1. The van der Waals surface area contributed by atoms with Crippen LogP contribution in [0.5, 0.6) is 0 Å². The number of imidazole rings is 1. The molecule has 2 aromatic heterocycles. The molecule has 0 radical (unpaired) electrons. The molecule has 0 aliphatic heterocycles. The highest BCUT2D eigenvalue weighted by molar-refractivity contribution is 7.99. The lowest BCUT2D eigenvalue weighted by Gasteiger charge is -2.07. The molecule has 0 spiro atoms. The molecule has 1 aromatic carbocycles. The molecule has 0 N–H and O–H groups in total. The van der Waals surface area contributed by atoms with Gasteiger partial charge in [0.1, 0.15) is 0 Å². The van der Waals surface area contributed by atoms with E-state index in [9.17, 15) is 9.59 Å². The Morgan fingerprint density at radius 3 is 2.56 bits per heavy atom. The van der Waals surface area contributed by atoms with Gasteiger partial charge < -0.3 is 4.57 Å². The molecule has 6 nitrogen and oxygen atoms in total. The lowest BCUT2D eigenvalue weighted by Crippen LogP contribution is -2.37. The summed E-state index contributed by atoms with van der Waals surface area (Å²) in [6.45, 7) is 2.67. The predicted molar refractivity (Wildman–Crippen MR) is 111 cm³/mol. The Morgan fingerprint density at radius 2 is 1.85 bits per heavy atom. The molecule has 0 aliphatic carbocycles. The second kappa shape index (κ2) is 8.43. The second-order valence-electron chi connectivity index (χ2n) is 6.40. The molecule has 7 heteroatoms. The quantitative estimate of drug-likeness (QED) is 0.464. The fourth-order valence-corrected chi connectivity index (χ4v) is 3.96. The topological polar surface area (TPSA) is 61.8 Å². The number of fused-ring (bicyclic) bond motifs is 1. The van der Waals surface area contributed by atoms with E-state index in [-0.39, 0.29) is 11.2 Å². The van der Waals surface area contributed by atoms with Gasteiger partial charge in [-0.2, -0.15) is 0 Å². The van der Waals surface area contributed by atoms with Crippen molar-refractivity contribution in [3.8, 4) is 0 Å². The van der Waals surface area contributed by atoms with Crippen molar-refractivity contribution in [3.05, 3.63) is 62.8 Å². The predicted octanol–water partition coefficient (Wildman–Crippen LogP) is 3.04. The molecular weight excluding hydrogens is 360 g/mol. The van der Waals surface area contributed by atoms with Gasteiger partial charge >= 0.3 is 5.69 Å². The normalized spacial score (nSPS) is 11.7. The fraction of sp³-hybridized carbons (Fsp3) is 0.350. The van der Waals surface area contributed by atoms with Crippen molar-refractivity contribution in [2.45, 2.75) is 31.5 Å². The zero-order chi connectivity index (χ0) is 19.4. The minimum Gasteiger partial charge on any atom is -0.309 e. The van der Waals surface area contributed by atoms with E-state index in [1.54, 1.807) is 18.8 Å². The monoisotopic (exact) mass is 384 g/mol. The molecule has 2 heterocycles. The van der Waals surface area contributed by atoms with Gasteiger partial charge in [-0.3, -0.25) is 13.9 Å². The molecule has 0 amide bonds. The average Bonchev–Trinajstić information content (AvgIpc) is 3.04. The van der Waals surface area contributed by atoms with E-state index in [4.69, 9.17) is 0 Å². The molecule has 0 saturated carbocycles. The van der Waals surface area contributed by atoms with Crippen molar-refractivity contribution < 1.29 is 0 Å². The fourth-order valence-electron chi connectivity index (χ4n) is 2.87. The van der Waals surface area contributed by atoms with E-state index in [0.29, 0.717) is 17.7 Å². The third-order valence-electron chi connectivity index (χ3n) is 4.44. The summed E-state index contributed by atoms with van der Waals surface area (Å²) in [6.07, 6.45) is 6.22. The molecule has 142 valence electrons. The number of nitrogens with zero attached hydrogens (tertiary/aromatic N) is 4. The number of unbranched alkanes of at least 4 members (excludes halogenated alkanes) is 1. The van der Waals surface area contributed by atoms with Crippen LogP contribution in [-0.4, -0.2) is 24.4 Å². The van der Waals surface area contributed by atoms with Crippen LogP contribution in [0.25, 0.3) is 17.2 Å². The molecule has 3 aromatic rings. The molecule has 0 unspecified atom stereocenters. The number of benzene rings is 1. The Morgan fingerprint density at radius 1 is 1.11 bits per heavy atom. The van der Waals surface area contributed by atoms with Crippen molar-refractivity contribution in [3.63, 3.8) is 0 Å². The molecule has 0 bridgehead atoms. The minimum atomic E-state index is -0.359. The van der Waals surface area contributed by atoms with E-state index in [0.717, 1.165) is 33.9 Å². The van der Waals surface area contributed by atoms with Crippen LogP contribution in [0.1, 0.15) is 25.3 Å². The molecular formula is C20H24N4O2S. The number of aromatic nitrogens is 4. The number of allylic oxidation sites excluding steroid dienone is 1. The summed E-state index contributed by atoms with van der Waals surface area (Å²) in [4.78, 5) is 29.6. The van der Waals surface area contributed by atoms with Gasteiger partial charge in [-0.1, -0.05) is 67.6 Å². The van der Waals surface area contributed by atoms with Crippen LogP contribution in [0, 0.1) is 0 Å². The first-order chi connectivity index (χ1) is 13.0. The van der Waals surface area contributed by atoms with Gasteiger partial charge in [-0.15, -0.1) is 0 Å². The van der Waals surface area contributed by atoms with E-state index in [2.05, 4.69) is 11.9 Å². The van der Waals surface area contributed by atoms with E-state index >= 15 is 0 Å². The van der Waals surface area contributed by atoms with E-state index in [1.165, 1.54) is 11.6 Å². The summed E-state index contributed by atoms with van der Waals surface area (Å²) in [5.41, 5.74) is 1.34. The van der Waals surface area contributed by atoms with Gasteiger partial charge in [-0.25, -0.2) is 9.78 Å².